The van der Waals surface area contributed by atoms with Gasteiger partial charge in [-0.2, -0.15) is 0 Å². The Kier molecular flexibility index (Phi) is 12.1. The number of nitrogens with zero attached hydrogens (tertiary/aromatic N) is 3. The summed E-state index contributed by atoms with van der Waals surface area (Å²) in [6.07, 6.45) is 10.4. The molecule has 55 heavy (non-hydrogen) atoms. The minimum atomic E-state index is -0.949. The Bertz CT molecular complexity index is 2100. The number of carboxylic acid groups (broad SMARTS) is 1. The molecule has 5 aromatic rings. The number of H-pyrrole nitrogens is 2. The van der Waals surface area contributed by atoms with Crippen LogP contribution < -0.4 is 0 Å². The highest BCUT2D eigenvalue weighted by Gasteiger charge is 2.35. The number of amides is 1. The summed E-state index contributed by atoms with van der Waals surface area (Å²) in [5.74, 6) is 0.388. The zero-order valence-corrected chi connectivity index (χ0v) is 32.7. The first-order valence-electron chi connectivity index (χ1n) is 19.3. The molecular weight excluding hydrogens is 695 g/mol. The maximum Gasteiger partial charge on any atom is 0.410 e. The molecule has 2 aliphatic rings. The average Bonchev–Trinajstić information content (AvgIpc) is 4.00. The van der Waals surface area contributed by atoms with Crippen LogP contribution in [-0.2, 0) is 19.1 Å². The average molecular weight is 748 g/mol. The fourth-order valence-corrected chi connectivity index (χ4v) is 7.61. The van der Waals surface area contributed by atoms with Gasteiger partial charge in [-0.3, -0.25) is 14.5 Å². The summed E-state index contributed by atoms with van der Waals surface area (Å²) in [5, 5.41) is 11.0. The lowest BCUT2D eigenvalue weighted by molar-refractivity contribution is -0.151. The van der Waals surface area contributed by atoms with Crippen LogP contribution in [0, 0.1) is 11.8 Å². The van der Waals surface area contributed by atoms with E-state index in [0.717, 1.165) is 52.4 Å². The number of methoxy groups -OCH3 is 1. The summed E-state index contributed by atoms with van der Waals surface area (Å²) in [6, 6.07) is 21.6. The minimum Gasteiger partial charge on any atom is -0.481 e. The van der Waals surface area contributed by atoms with E-state index in [9.17, 15) is 14.4 Å². The third-order valence-corrected chi connectivity index (χ3v) is 10.6. The van der Waals surface area contributed by atoms with Gasteiger partial charge in [-0.15, -0.1) is 0 Å². The summed E-state index contributed by atoms with van der Waals surface area (Å²) < 4.78 is 10.1. The molecule has 290 valence electrons. The molecule has 7 rings (SSSR count). The Balaban J connectivity index is 0.000000372. The lowest BCUT2D eigenvalue weighted by Crippen LogP contribution is -2.36. The summed E-state index contributed by atoms with van der Waals surface area (Å²) >= 11 is 0. The standard InChI is InChI=1S/C36H39N5O2.C8H14O4/c1-36(2,3)43-35(42)41-20-8-13-32(41)34-38-22-31(40-34)29-19-18-26(27-11-6-7-12-28(27)29)23-14-16-24(17-15-23)30-21-37-33(39-30)25-9-4-5-10-25;1-5(2)6(8(10)11)4-7(9)12-3/h6-7,11-12,14-19,21-22,25,32H,4-5,8-10,13,20H2,1-3H3,(H,37,39)(H,38,40);5-6H,4H2,1-3H3,(H,10,11)/t32-;6-/m00/s1. The molecule has 2 fully saturated rings. The van der Waals surface area contributed by atoms with Crippen molar-refractivity contribution in [2.24, 2.45) is 11.8 Å². The largest absolute Gasteiger partial charge is 0.481 e. The van der Waals surface area contributed by atoms with Crippen LogP contribution >= 0.6 is 0 Å². The van der Waals surface area contributed by atoms with E-state index in [-0.39, 0.29) is 24.5 Å². The van der Waals surface area contributed by atoms with Crippen molar-refractivity contribution in [3.8, 4) is 33.6 Å². The van der Waals surface area contributed by atoms with E-state index in [2.05, 4.69) is 75.4 Å². The van der Waals surface area contributed by atoms with Gasteiger partial charge in [0.1, 0.15) is 17.2 Å². The molecule has 3 N–H and O–H groups in total. The topological polar surface area (TPSA) is 150 Å². The first-order chi connectivity index (χ1) is 26.3. The zero-order valence-electron chi connectivity index (χ0n) is 32.7. The van der Waals surface area contributed by atoms with Gasteiger partial charge in [-0.05, 0) is 79.8 Å². The van der Waals surface area contributed by atoms with Crippen molar-refractivity contribution >= 4 is 28.8 Å². The van der Waals surface area contributed by atoms with E-state index in [1.54, 1.807) is 18.7 Å². The summed E-state index contributed by atoms with van der Waals surface area (Å²) in [5.41, 5.74) is 6.10. The lowest BCUT2D eigenvalue weighted by Gasteiger charge is -2.27. The van der Waals surface area contributed by atoms with Gasteiger partial charge in [0, 0.05) is 18.0 Å². The van der Waals surface area contributed by atoms with Crippen molar-refractivity contribution in [1.29, 1.82) is 0 Å². The predicted octanol–water partition coefficient (Wildman–Crippen LogP) is 9.92. The number of imidazole rings is 2. The van der Waals surface area contributed by atoms with Gasteiger partial charge in [-0.25, -0.2) is 14.8 Å². The molecular formula is C44H53N5O6. The van der Waals surface area contributed by atoms with Crippen LogP contribution in [0.5, 0.6) is 0 Å². The van der Waals surface area contributed by atoms with Gasteiger partial charge >= 0.3 is 18.0 Å². The van der Waals surface area contributed by atoms with Gasteiger partial charge in [0.25, 0.3) is 0 Å². The molecule has 1 saturated heterocycles. The Labute approximate surface area is 322 Å². The molecule has 3 heterocycles. The van der Waals surface area contributed by atoms with Gasteiger partial charge in [0.15, 0.2) is 0 Å². The fraction of sp³-hybridized carbons (Fsp3) is 0.432. The normalized spacial score (nSPS) is 16.6. The van der Waals surface area contributed by atoms with Crippen molar-refractivity contribution in [1.82, 2.24) is 24.8 Å². The maximum absolute atomic E-state index is 12.9. The highest BCUT2D eigenvalue weighted by atomic mass is 16.6. The first kappa shape index (κ1) is 39.2. The summed E-state index contributed by atoms with van der Waals surface area (Å²) in [6.45, 7) is 9.90. The number of aliphatic carboxylic acids is 1. The molecule has 2 atom stereocenters. The molecule has 11 heteroatoms. The maximum atomic E-state index is 12.9. The number of esters is 1. The minimum absolute atomic E-state index is 0.0521. The van der Waals surface area contributed by atoms with Crippen molar-refractivity contribution in [2.45, 2.75) is 97.1 Å². The van der Waals surface area contributed by atoms with Crippen LogP contribution in [0.1, 0.15) is 103 Å². The van der Waals surface area contributed by atoms with Crippen molar-refractivity contribution in [3.63, 3.8) is 0 Å². The van der Waals surface area contributed by atoms with Gasteiger partial charge in [0.2, 0.25) is 0 Å². The third-order valence-electron chi connectivity index (χ3n) is 10.6. The molecule has 0 bridgehead atoms. The number of fused-ring (bicyclic) bond motifs is 1. The first-order valence-corrected chi connectivity index (χ1v) is 19.3. The summed E-state index contributed by atoms with van der Waals surface area (Å²) in [4.78, 5) is 52.6. The monoisotopic (exact) mass is 747 g/mol. The quantitative estimate of drug-likeness (QED) is 0.126. The Morgan fingerprint density at radius 1 is 0.818 bits per heavy atom. The predicted molar refractivity (Wildman–Crippen MR) is 213 cm³/mol. The number of rotatable bonds is 9. The molecule has 11 nitrogen and oxygen atoms in total. The number of aromatic amines is 2. The van der Waals surface area contributed by atoms with Crippen LogP contribution in [0.4, 0.5) is 4.79 Å². The van der Waals surface area contributed by atoms with E-state index in [4.69, 9.17) is 19.8 Å². The fourth-order valence-electron chi connectivity index (χ4n) is 7.61. The highest BCUT2D eigenvalue weighted by molar-refractivity contribution is 6.04. The molecule has 0 unspecified atom stereocenters. The number of carbonyl (C=O) groups is 3. The van der Waals surface area contributed by atoms with Crippen molar-refractivity contribution in [2.75, 3.05) is 13.7 Å². The molecule has 0 spiro atoms. The van der Waals surface area contributed by atoms with E-state index in [1.165, 1.54) is 49.3 Å². The van der Waals surface area contributed by atoms with E-state index in [0.29, 0.717) is 12.5 Å². The molecule has 3 aromatic carbocycles. The number of carbonyl (C=O) groups excluding carboxylic acids is 2. The molecule has 0 radical (unpaired) electrons. The number of hydrogen-bond donors (Lipinski definition) is 3. The van der Waals surface area contributed by atoms with Crippen LogP contribution in [-0.4, -0.2) is 67.2 Å². The molecule has 1 aliphatic carbocycles. The second-order valence-electron chi connectivity index (χ2n) is 15.9. The second kappa shape index (κ2) is 16.9. The number of aromatic nitrogens is 4. The molecule has 2 aromatic heterocycles. The van der Waals surface area contributed by atoms with Crippen molar-refractivity contribution in [3.05, 3.63) is 84.7 Å². The lowest BCUT2D eigenvalue weighted by atomic mass is 9.93. The van der Waals surface area contributed by atoms with E-state index < -0.39 is 23.5 Å². The highest BCUT2D eigenvalue weighted by Crippen LogP contribution is 2.38. The van der Waals surface area contributed by atoms with Gasteiger partial charge in [0.05, 0.1) is 49.3 Å². The molecule has 1 saturated carbocycles. The zero-order chi connectivity index (χ0) is 39.3. The number of carboxylic acids is 1. The van der Waals surface area contributed by atoms with Crippen molar-refractivity contribution < 1.29 is 29.0 Å². The van der Waals surface area contributed by atoms with Crippen LogP contribution in [0.15, 0.2) is 73.1 Å². The SMILES string of the molecule is CC(C)(C)OC(=O)N1CCC[C@H]1c1ncc(-c2ccc(-c3ccc(-c4cnc(C5CCCC5)[nH]4)cc3)c3ccccc23)[nH]1.COC(=O)C[C@H](C(=O)O)C(C)C. The van der Waals surface area contributed by atoms with E-state index >= 15 is 0 Å². The Morgan fingerprint density at radius 3 is 2.05 bits per heavy atom. The Hall–Kier alpha value is -5.45. The third kappa shape index (κ3) is 9.27. The number of hydrogen-bond acceptors (Lipinski definition) is 7. The van der Waals surface area contributed by atoms with Crippen LogP contribution in [0.3, 0.4) is 0 Å². The van der Waals surface area contributed by atoms with Gasteiger partial charge in [-0.1, -0.05) is 87.4 Å². The van der Waals surface area contributed by atoms with Crippen LogP contribution in [0.25, 0.3) is 44.4 Å². The number of likely N-dealkylation sites (tertiary alicyclic amines) is 1. The smallest absolute Gasteiger partial charge is 0.410 e. The van der Waals surface area contributed by atoms with Crippen LogP contribution in [0.2, 0.25) is 0 Å². The number of benzene rings is 3. The van der Waals surface area contributed by atoms with Gasteiger partial charge < -0.3 is 24.5 Å². The number of nitrogens with one attached hydrogen (secondary N) is 2. The molecule has 1 aliphatic heterocycles. The summed E-state index contributed by atoms with van der Waals surface area (Å²) in [7, 11) is 1.25. The van der Waals surface area contributed by atoms with E-state index in [1.807, 2.05) is 33.2 Å². The molecule has 1 amide bonds. The second-order valence-corrected chi connectivity index (χ2v) is 15.9. The Morgan fingerprint density at radius 2 is 1.42 bits per heavy atom. The number of ether oxygens (including phenoxy) is 2.